The van der Waals surface area contributed by atoms with Crippen molar-refractivity contribution in [3.63, 3.8) is 0 Å². The topological polar surface area (TPSA) is 39.2 Å². The Morgan fingerprint density at radius 2 is 2.11 bits per heavy atom. The van der Waals surface area contributed by atoms with Crippen molar-refractivity contribution in [1.82, 2.24) is 4.98 Å². The number of halogens is 3. The number of nitrogens with zero attached hydrogens (tertiary/aromatic N) is 1. The first-order valence-corrected chi connectivity index (χ1v) is 7.70. The van der Waals surface area contributed by atoms with Gasteiger partial charge in [0.2, 0.25) is 0 Å². The molecular weight excluding hydrogens is 349 g/mol. The monoisotopic (exact) mass is 353 g/mol. The van der Waals surface area contributed by atoms with Crippen LogP contribution in [0.4, 0.5) is 4.79 Å². The number of rotatable bonds is 2. The van der Waals surface area contributed by atoms with Gasteiger partial charge < -0.3 is 4.74 Å². The normalized spacial score (nSPS) is 10.5. The summed E-state index contributed by atoms with van der Waals surface area (Å²) in [6.07, 6.45) is 0. The maximum atomic E-state index is 11.7. The molecular formula is C11H6Cl3NO2S2. The molecule has 0 aliphatic heterocycles. The van der Waals surface area contributed by atoms with Gasteiger partial charge in [-0.3, -0.25) is 0 Å². The molecule has 0 bridgehead atoms. The van der Waals surface area contributed by atoms with Gasteiger partial charge in [0, 0.05) is 16.8 Å². The second-order valence-electron chi connectivity index (χ2n) is 3.41. The maximum absolute atomic E-state index is 11.7. The molecule has 0 aliphatic carbocycles. The fourth-order valence-corrected chi connectivity index (χ4v) is 3.60. The molecule has 0 unspecified atom stereocenters. The Labute approximate surface area is 132 Å². The SMILES string of the molecule is Cc1cc(Cl)ccc1OC(=O)Sc1nc(Cl)c(Cl)s1. The maximum Gasteiger partial charge on any atom is 0.379 e. The van der Waals surface area contributed by atoms with Crippen LogP contribution in [0.25, 0.3) is 0 Å². The smallest absolute Gasteiger partial charge is 0.379 e. The molecule has 1 aromatic heterocycles. The van der Waals surface area contributed by atoms with Gasteiger partial charge in [-0.15, -0.1) is 0 Å². The van der Waals surface area contributed by atoms with Crippen LogP contribution in [0.15, 0.2) is 22.5 Å². The molecule has 8 heteroatoms. The second-order valence-corrected chi connectivity index (χ2v) is 6.99. The van der Waals surface area contributed by atoms with E-state index in [0.717, 1.165) is 28.7 Å². The molecule has 1 heterocycles. The second kappa shape index (κ2) is 6.33. The third-order valence-electron chi connectivity index (χ3n) is 2.03. The van der Waals surface area contributed by atoms with Crippen molar-refractivity contribution in [3.05, 3.63) is 38.3 Å². The lowest BCUT2D eigenvalue weighted by atomic mass is 10.2. The summed E-state index contributed by atoms with van der Waals surface area (Å²) in [7, 11) is 0. The van der Waals surface area contributed by atoms with E-state index in [0.29, 0.717) is 19.4 Å². The van der Waals surface area contributed by atoms with Crippen molar-refractivity contribution in [2.75, 3.05) is 0 Å². The Hall–Kier alpha value is -0.460. The van der Waals surface area contributed by atoms with Crippen molar-refractivity contribution in [2.45, 2.75) is 11.3 Å². The van der Waals surface area contributed by atoms with Crippen LogP contribution in [0, 0.1) is 6.92 Å². The molecule has 3 nitrogen and oxygen atoms in total. The Bertz CT molecular complexity index is 611. The summed E-state index contributed by atoms with van der Waals surface area (Å²) >= 11 is 19.2. The summed E-state index contributed by atoms with van der Waals surface area (Å²) in [5, 5.41) is 0.264. The van der Waals surface area contributed by atoms with E-state index < -0.39 is 5.30 Å². The molecule has 0 spiro atoms. The zero-order valence-corrected chi connectivity index (χ0v) is 13.3. The predicted molar refractivity (Wildman–Crippen MR) is 80.2 cm³/mol. The lowest BCUT2D eigenvalue weighted by Gasteiger charge is -2.05. The molecule has 19 heavy (non-hydrogen) atoms. The number of hydrogen-bond acceptors (Lipinski definition) is 5. The van der Waals surface area contributed by atoms with E-state index in [1.54, 1.807) is 25.1 Å². The van der Waals surface area contributed by atoms with Gasteiger partial charge in [0.25, 0.3) is 0 Å². The Balaban J connectivity index is 2.05. The van der Waals surface area contributed by atoms with Crippen LogP contribution in [-0.4, -0.2) is 10.3 Å². The molecule has 0 amide bonds. The van der Waals surface area contributed by atoms with Gasteiger partial charge in [-0.05, 0) is 30.7 Å². The predicted octanol–water partition coefficient (Wildman–Crippen LogP) is 5.70. The van der Waals surface area contributed by atoms with Crippen LogP contribution in [0.5, 0.6) is 5.75 Å². The zero-order chi connectivity index (χ0) is 14.0. The van der Waals surface area contributed by atoms with Crippen LogP contribution >= 0.6 is 57.9 Å². The van der Waals surface area contributed by atoms with Crippen LogP contribution < -0.4 is 4.74 Å². The summed E-state index contributed by atoms with van der Waals surface area (Å²) < 4.78 is 5.98. The number of carbonyl (C=O) groups is 1. The molecule has 0 fully saturated rings. The highest BCUT2D eigenvalue weighted by atomic mass is 35.5. The highest BCUT2D eigenvalue weighted by Gasteiger charge is 2.14. The summed E-state index contributed by atoms with van der Waals surface area (Å²) in [4.78, 5) is 15.6. The van der Waals surface area contributed by atoms with E-state index in [4.69, 9.17) is 39.5 Å². The fraction of sp³-hybridized carbons (Fsp3) is 0.0909. The van der Waals surface area contributed by atoms with E-state index in [2.05, 4.69) is 4.98 Å². The highest BCUT2D eigenvalue weighted by molar-refractivity contribution is 8.14. The van der Waals surface area contributed by atoms with E-state index >= 15 is 0 Å². The summed E-state index contributed by atoms with van der Waals surface area (Å²) in [6, 6.07) is 5.00. The van der Waals surface area contributed by atoms with E-state index in [1.807, 2.05) is 0 Å². The van der Waals surface area contributed by atoms with Gasteiger partial charge in [-0.25, -0.2) is 9.78 Å². The molecule has 2 aromatic rings. The van der Waals surface area contributed by atoms with Gasteiger partial charge in [-0.1, -0.05) is 46.1 Å². The number of aryl methyl sites for hydroxylation is 1. The minimum absolute atomic E-state index is 0.185. The molecule has 0 atom stereocenters. The van der Waals surface area contributed by atoms with E-state index in [9.17, 15) is 4.79 Å². The number of thioether (sulfide) groups is 1. The molecule has 0 saturated carbocycles. The Kier molecular flexibility index (Phi) is 4.97. The first-order valence-electron chi connectivity index (χ1n) is 4.93. The van der Waals surface area contributed by atoms with Crippen LogP contribution in [0.1, 0.15) is 5.56 Å². The third-order valence-corrected chi connectivity index (χ3v) is 4.81. The number of aromatic nitrogens is 1. The van der Waals surface area contributed by atoms with Crippen LogP contribution in [-0.2, 0) is 0 Å². The van der Waals surface area contributed by atoms with Crippen molar-refractivity contribution in [3.8, 4) is 5.75 Å². The van der Waals surface area contributed by atoms with Crippen molar-refractivity contribution < 1.29 is 9.53 Å². The highest BCUT2D eigenvalue weighted by Crippen LogP contribution is 2.35. The average molecular weight is 355 g/mol. The van der Waals surface area contributed by atoms with Crippen LogP contribution in [0.2, 0.25) is 14.5 Å². The Morgan fingerprint density at radius 1 is 1.37 bits per heavy atom. The van der Waals surface area contributed by atoms with Gasteiger partial charge in [0.1, 0.15) is 10.1 Å². The minimum Gasteiger partial charge on any atom is -0.418 e. The average Bonchev–Trinajstić information content (AvgIpc) is 2.62. The summed E-state index contributed by atoms with van der Waals surface area (Å²) in [5.41, 5.74) is 0.775. The standard InChI is InChI=1S/C11H6Cl3NO2S2/c1-5-4-6(12)2-3-7(5)17-11(16)19-10-15-8(13)9(14)18-10/h2-4H,1H3. The van der Waals surface area contributed by atoms with Gasteiger partial charge in [-0.2, -0.15) is 0 Å². The quantitative estimate of drug-likeness (QED) is 0.512. The van der Waals surface area contributed by atoms with Crippen molar-refractivity contribution in [1.29, 1.82) is 0 Å². The van der Waals surface area contributed by atoms with Crippen molar-refractivity contribution >= 4 is 63.2 Å². The largest absolute Gasteiger partial charge is 0.418 e. The Morgan fingerprint density at radius 3 is 2.68 bits per heavy atom. The number of ether oxygens (including phenoxy) is 1. The molecule has 0 aliphatic rings. The molecule has 0 saturated heterocycles. The fourth-order valence-electron chi connectivity index (χ4n) is 1.22. The number of thiazole rings is 1. The third kappa shape index (κ3) is 4.00. The molecule has 0 radical (unpaired) electrons. The first-order chi connectivity index (χ1) is 8.95. The minimum atomic E-state index is -0.507. The molecule has 1 aromatic carbocycles. The molecule has 2 rings (SSSR count). The summed E-state index contributed by atoms with van der Waals surface area (Å²) in [5.74, 6) is 0.454. The zero-order valence-electron chi connectivity index (χ0n) is 9.45. The van der Waals surface area contributed by atoms with Crippen LogP contribution in [0.3, 0.4) is 0 Å². The summed E-state index contributed by atoms with van der Waals surface area (Å²) in [6.45, 7) is 1.80. The van der Waals surface area contributed by atoms with Gasteiger partial charge >= 0.3 is 5.30 Å². The van der Waals surface area contributed by atoms with Gasteiger partial charge in [0.15, 0.2) is 9.49 Å². The van der Waals surface area contributed by atoms with Gasteiger partial charge in [0.05, 0.1) is 0 Å². The number of benzene rings is 1. The van der Waals surface area contributed by atoms with Crippen molar-refractivity contribution in [2.24, 2.45) is 0 Å². The van der Waals surface area contributed by atoms with E-state index in [1.165, 1.54) is 0 Å². The van der Waals surface area contributed by atoms with E-state index in [-0.39, 0.29) is 5.15 Å². The number of carbonyl (C=O) groups excluding carboxylic acids is 1. The first kappa shape index (κ1) is 14.9. The molecule has 100 valence electrons. The number of hydrogen-bond donors (Lipinski definition) is 0. The lowest BCUT2D eigenvalue weighted by molar-refractivity contribution is 0.227. The molecule has 0 N–H and O–H groups in total. The lowest BCUT2D eigenvalue weighted by Crippen LogP contribution is -2.01.